The Balaban J connectivity index is 3.27. The number of aryl methyl sites for hydroxylation is 1. The standard InChI is InChI=1S/C12H16N2O2S/c1-10-6-5-7-11(8-10)17(15,16)14(4)12(2,3)9-13/h5-8H,1-4H3. The van der Waals surface area contributed by atoms with Gasteiger partial charge < -0.3 is 0 Å². The van der Waals surface area contributed by atoms with Gasteiger partial charge in [0.25, 0.3) is 0 Å². The van der Waals surface area contributed by atoms with Gasteiger partial charge in [0.15, 0.2) is 0 Å². The fourth-order valence-electron chi connectivity index (χ4n) is 1.30. The second kappa shape index (κ2) is 4.47. The number of benzene rings is 1. The van der Waals surface area contributed by atoms with Gasteiger partial charge >= 0.3 is 0 Å². The van der Waals surface area contributed by atoms with Crippen molar-refractivity contribution >= 4 is 10.0 Å². The van der Waals surface area contributed by atoms with Crippen molar-refractivity contribution in [1.82, 2.24) is 4.31 Å². The van der Waals surface area contributed by atoms with Gasteiger partial charge in [-0.3, -0.25) is 0 Å². The summed E-state index contributed by atoms with van der Waals surface area (Å²) in [7, 11) is -2.20. The third-order valence-corrected chi connectivity index (χ3v) is 4.74. The monoisotopic (exact) mass is 252 g/mol. The van der Waals surface area contributed by atoms with E-state index in [0.717, 1.165) is 9.87 Å². The molecule has 0 saturated carbocycles. The summed E-state index contributed by atoms with van der Waals surface area (Å²) in [4.78, 5) is 0.211. The number of rotatable bonds is 3. The average Bonchev–Trinajstić information content (AvgIpc) is 2.28. The van der Waals surface area contributed by atoms with Crippen molar-refractivity contribution in [3.8, 4) is 6.07 Å². The van der Waals surface area contributed by atoms with Crippen LogP contribution in [0.4, 0.5) is 0 Å². The lowest BCUT2D eigenvalue weighted by Gasteiger charge is -2.28. The highest BCUT2D eigenvalue weighted by atomic mass is 32.2. The van der Waals surface area contributed by atoms with Crippen LogP contribution in [0.1, 0.15) is 19.4 Å². The maximum absolute atomic E-state index is 12.3. The van der Waals surface area contributed by atoms with E-state index in [1.807, 2.05) is 19.1 Å². The molecule has 0 aromatic heterocycles. The molecule has 0 N–H and O–H groups in total. The maximum atomic E-state index is 12.3. The van der Waals surface area contributed by atoms with Gasteiger partial charge in [0.2, 0.25) is 10.0 Å². The number of nitriles is 1. The zero-order valence-corrected chi connectivity index (χ0v) is 11.2. The van der Waals surface area contributed by atoms with E-state index in [1.54, 1.807) is 26.0 Å². The molecule has 0 saturated heterocycles. The fraction of sp³-hybridized carbons (Fsp3) is 0.417. The second-order valence-corrected chi connectivity index (χ2v) is 6.43. The van der Waals surface area contributed by atoms with Crippen molar-refractivity contribution in [3.05, 3.63) is 29.8 Å². The highest BCUT2D eigenvalue weighted by Gasteiger charge is 2.33. The van der Waals surface area contributed by atoms with Gasteiger partial charge in [0, 0.05) is 7.05 Å². The van der Waals surface area contributed by atoms with Crippen molar-refractivity contribution in [1.29, 1.82) is 5.26 Å². The predicted molar refractivity (Wildman–Crippen MR) is 65.8 cm³/mol. The van der Waals surface area contributed by atoms with Crippen LogP contribution in [0.5, 0.6) is 0 Å². The molecule has 0 aliphatic carbocycles. The first kappa shape index (κ1) is 13.7. The molecule has 0 amide bonds. The van der Waals surface area contributed by atoms with E-state index in [2.05, 4.69) is 0 Å². The summed E-state index contributed by atoms with van der Waals surface area (Å²) in [5.41, 5.74) is -0.197. The topological polar surface area (TPSA) is 61.2 Å². The van der Waals surface area contributed by atoms with Crippen molar-refractivity contribution in [2.75, 3.05) is 7.05 Å². The van der Waals surface area contributed by atoms with Crippen molar-refractivity contribution in [2.45, 2.75) is 31.2 Å². The van der Waals surface area contributed by atoms with Gasteiger partial charge in [-0.1, -0.05) is 12.1 Å². The molecule has 0 radical (unpaired) electrons. The Bertz CT molecular complexity index is 556. The third kappa shape index (κ3) is 2.65. The predicted octanol–water partition coefficient (Wildman–Crippen LogP) is 1.92. The molecule has 4 nitrogen and oxygen atoms in total. The van der Waals surface area contributed by atoms with Crippen LogP contribution in [0.15, 0.2) is 29.2 Å². The van der Waals surface area contributed by atoms with Crippen LogP contribution >= 0.6 is 0 Å². The molecule has 0 spiro atoms. The van der Waals surface area contributed by atoms with Crippen LogP contribution in [0.25, 0.3) is 0 Å². The van der Waals surface area contributed by atoms with Crippen molar-refractivity contribution in [3.63, 3.8) is 0 Å². The van der Waals surface area contributed by atoms with Gasteiger partial charge in [0.05, 0.1) is 11.0 Å². The van der Waals surface area contributed by atoms with Gasteiger partial charge in [-0.25, -0.2) is 8.42 Å². The molecule has 1 aromatic carbocycles. The van der Waals surface area contributed by atoms with Gasteiger partial charge in [-0.05, 0) is 38.5 Å². The first-order valence-electron chi connectivity index (χ1n) is 5.19. The number of hydrogen-bond donors (Lipinski definition) is 0. The van der Waals surface area contributed by atoms with Gasteiger partial charge in [-0.15, -0.1) is 0 Å². The molecule has 17 heavy (non-hydrogen) atoms. The Kier molecular flexibility index (Phi) is 3.60. The quantitative estimate of drug-likeness (QED) is 0.825. The van der Waals surface area contributed by atoms with Crippen LogP contribution in [-0.2, 0) is 10.0 Å². The van der Waals surface area contributed by atoms with Crippen LogP contribution < -0.4 is 0 Å². The molecule has 0 atom stereocenters. The minimum absolute atomic E-state index is 0.211. The minimum atomic E-state index is -3.62. The van der Waals surface area contributed by atoms with Gasteiger partial charge in [0.1, 0.15) is 5.54 Å². The van der Waals surface area contributed by atoms with E-state index < -0.39 is 15.6 Å². The summed E-state index contributed by atoms with van der Waals surface area (Å²) in [5.74, 6) is 0. The Morgan fingerprint density at radius 1 is 1.35 bits per heavy atom. The first-order valence-corrected chi connectivity index (χ1v) is 6.63. The summed E-state index contributed by atoms with van der Waals surface area (Å²) >= 11 is 0. The molecule has 0 fully saturated rings. The van der Waals surface area contributed by atoms with Crippen molar-refractivity contribution < 1.29 is 8.42 Å². The second-order valence-electron chi connectivity index (χ2n) is 4.46. The highest BCUT2D eigenvalue weighted by molar-refractivity contribution is 7.89. The molecule has 0 unspecified atom stereocenters. The molecule has 0 aliphatic rings. The van der Waals surface area contributed by atoms with E-state index in [4.69, 9.17) is 5.26 Å². The molecular weight excluding hydrogens is 236 g/mol. The normalized spacial score (nSPS) is 12.5. The molecule has 1 aromatic rings. The highest BCUT2D eigenvalue weighted by Crippen LogP contribution is 2.22. The Labute approximate surface area is 103 Å². The molecule has 0 bridgehead atoms. The summed E-state index contributed by atoms with van der Waals surface area (Å²) in [6, 6.07) is 8.63. The number of hydrogen-bond acceptors (Lipinski definition) is 3. The largest absolute Gasteiger partial charge is 0.244 e. The maximum Gasteiger partial charge on any atom is 0.244 e. The molecule has 1 rings (SSSR count). The average molecular weight is 252 g/mol. The Morgan fingerprint density at radius 2 is 1.94 bits per heavy atom. The van der Waals surface area contributed by atoms with Crippen LogP contribution in [0.3, 0.4) is 0 Å². The Hall–Kier alpha value is -1.38. The molecule has 0 heterocycles. The van der Waals surface area contributed by atoms with Gasteiger partial charge in [-0.2, -0.15) is 9.57 Å². The van der Waals surface area contributed by atoms with Crippen LogP contribution in [0.2, 0.25) is 0 Å². The first-order chi connectivity index (χ1) is 7.71. The SMILES string of the molecule is Cc1cccc(S(=O)(=O)N(C)C(C)(C)C#N)c1. The summed E-state index contributed by atoms with van der Waals surface area (Å²) in [5, 5.41) is 8.97. The van der Waals surface area contributed by atoms with Crippen LogP contribution in [-0.4, -0.2) is 25.3 Å². The molecule has 0 aliphatic heterocycles. The summed E-state index contributed by atoms with van der Waals surface area (Å²) < 4.78 is 25.6. The molecule has 5 heteroatoms. The smallest absolute Gasteiger partial charge is 0.207 e. The summed E-state index contributed by atoms with van der Waals surface area (Å²) in [6.45, 7) is 4.97. The van der Waals surface area contributed by atoms with E-state index in [9.17, 15) is 8.42 Å². The van der Waals surface area contributed by atoms with E-state index >= 15 is 0 Å². The number of sulfonamides is 1. The third-order valence-electron chi connectivity index (χ3n) is 2.71. The van der Waals surface area contributed by atoms with Crippen LogP contribution in [0, 0.1) is 18.3 Å². The molecule has 92 valence electrons. The van der Waals surface area contributed by atoms with Crippen molar-refractivity contribution in [2.24, 2.45) is 0 Å². The fourth-order valence-corrected chi connectivity index (χ4v) is 2.85. The lowest BCUT2D eigenvalue weighted by Crippen LogP contribution is -2.43. The summed E-state index contributed by atoms with van der Waals surface area (Å²) in [6.07, 6.45) is 0. The van der Waals surface area contributed by atoms with E-state index in [0.29, 0.717) is 0 Å². The van der Waals surface area contributed by atoms with E-state index in [1.165, 1.54) is 13.1 Å². The zero-order valence-electron chi connectivity index (χ0n) is 10.4. The zero-order chi connectivity index (χ0) is 13.3. The lowest BCUT2D eigenvalue weighted by atomic mass is 10.1. The molecular formula is C12H16N2O2S. The van der Waals surface area contributed by atoms with E-state index in [-0.39, 0.29) is 4.90 Å². The minimum Gasteiger partial charge on any atom is -0.207 e. The lowest BCUT2D eigenvalue weighted by molar-refractivity contribution is 0.337. The number of nitrogens with zero attached hydrogens (tertiary/aromatic N) is 2. The Morgan fingerprint density at radius 3 is 2.41 bits per heavy atom.